The average molecular weight is 688 g/mol. The SMILES string of the molecule is S=C(C(=S)c1ccc(-n2c3ccccc3c3ccc4ccccc4c32)cc1)c1ccc(-c2ccnc(-c3ccc(-c4ccccc4)cc3)n2)cc1. The fourth-order valence-corrected chi connectivity index (χ4v) is 7.42. The Kier molecular flexibility index (Phi) is 7.85. The molecule has 3 nitrogen and oxygen atoms in total. The maximum absolute atomic E-state index is 5.96. The molecule has 51 heavy (non-hydrogen) atoms. The van der Waals surface area contributed by atoms with Crippen LogP contribution in [-0.2, 0) is 0 Å². The van der Waals surface area contributed by atoms with Crippen LogP contribution in [0, 0.1) is 0 Å². The topological polar surface area (TPSA) is 30.7 Å². The van der Waals surface area contributed by atoms with Crippen LogP contribution in [0.5, 0.6) is 0 Å². The maximum atomic E-state index is 5.96. The number of aromatic nitrogens is 3. The molecule has 0 aliphatic carbocycles. The summed E-state index contributed by atoms with van der Waals surface area (Å²) < 4.78 is 2.36. The fourth-order valence-electron chi connectivity index (χ4n) is 6.92. The number of benzene rings is 7. The van der Waals surface area contributed by atoms with Crippen LogP contribution < -0.4 is 0 Å². The highest BCUT2D eigenvalue weighted by molar-refractivity contribution is 7.90. The molecule has 0 saturated heterocycles. The minimum atomic E-state index is 0.647. The number of nitrogens with zero attached hydrogens (tertiary/aromatic N) is 3. The van der Waals surface area contributed by atoms with Gasteiger partial charge < -0.3 is 4.57 Å². The molecule has 0 fully saturated rings. The molecule has 0 atom stereocenters. The van der Waals surface area contributed by atoms with E-state index >= 15 is 0 Å². The van der Waals surface area contributed by atoms with Gasteiger partial charge in [-0.3, -0.25) is 0 Å². The first-order valence-corrected chi connectivity index (χ1v) is 17.6. The van der Waals surface area contributed by atoms with E-state index in [0.29, 0.717) is 15.6 Å². The largest absolute Gasteiger partial charge is 0.309 e. The molecule has 2 aromatic heterocycles. The van der Waals surface area contributed by atoms with E-state index < -0.39 is 0 Å². The van der Waals surface area contributed by atoms with Crippen molar-refractivity contribution in [2.75, 3.05) is 0 Å². The molecule has 0 spiro atoms. The molecule has 0 N–H and O–H groups in total. The normalized spacial score (nSPS) is 11.3. The highest BCUT2D eigenvalue weighted by atomic mass is 32.1. The minimum Gasteiger partial charge on any atom is -0.309 e. The monoisotopic (exact) mass is 687 g/mol. The third kappa shape index (κ3) is 5.63. The lowest BCUT2D eigenvalue weighted by Crippen LogP contribution is -2.12. The highest BCUT2D eigenvalue weighted by Crippen LogP contribution is 2.36. The van der Waals surface area contributed by atoms with Crippen LogP contribution in [-0.4, -0.2) is 24.3 Å². The molecule has 7 aromatic carbocycles. The Morgan fingerprint density at radius 2 is 1.04 bits per heavy atom. The molecule has 0 bridgehead atoms. The molecule has 9 aromatic rings. The van der Waals surface area contributed by atoms with Crippen molar-refractivity contribution < 1.29 is 0 Å². The molecule has 240 valence electrons. The molecule has 0 saturated carbocycles. The maximum Gasteiger partial charge on any atom is 0.159 e. The summed E-state index contributed by atoms with van der Waals surface area (Å²) >= 11 is 11.9. The molecule has 2 heterocycles. The summed E-state index contributed by atoms with van der Waals surface area (Å²) in [4.78, 5) is 10.7. The second kappa shape index (κ2) is 13.0. The van der Waals surface area contributed by atoms with Crippen molar-refractivity contribution in [2.24, 2.45) is 0 Å². The Morgan fingerprint density at radius 3 is 1.78 bits per heavy atom. The van der Waals surface area contributed by atoms with Crippen molar-refractivity contribution in [1.29, 1.82) is 0 Å². The standard InChI is InChI=1S/C46H29N3S2/c50-44(34-18-16-33(17-19-34)41-28-29-47-46(48-41)36-20-14-31(15-21-36)30-8-2-1-3-9-30)45(51)35-22-25-37(26-23-35)49-42-13-7-6-12-39(42)40-27-24-32-10-4-5-11-38(32)43(40)49/h1-29H. The Hall–Kier alpha value is -6.14. The number of thiocarbonyl (C=S) groups is 2. The van der Waals surface area contributed by atoms with E-state index in [4.69, 9.17) is 29.4 Å². The number of hydrogen-bond donors (Lipinski definition) is 0. The Morgan fingerprint density at radius 1 is 0.451 bits per heavy atom. The summed E-state index contributed by atoms with van der Waals surface area (Å²) in [6.07, 6.45) is 1.81. The Labute approximate surface area is 306 Å². The third-order valence-corrected chi connectivity index (χ3v) is 10.5. The quantitative estimate of drug-likeness (QED) is 0.123. The molecule has 9 rings (SSSR count). The van der Waals surface area contributed by atoms with Crippen LogP contribution in [0.15, 0.2) is 176 Å². The predicted octanol–water partition coefficient (Wildman–Crippen LogP) is 11.9. The summed E-state index contributed by atoms with van der Waals surface area (Å²) in [5.74, 6) is 0.686. The molecule has 0 radical (unpaired) electrons. The van der Waals surface area contributed by atoms with Gasteiger partial charge in [0.25, 0.3) is 0 Å². The zero-order valence-corrected chi connectivity index (χ0v) is 29.0. The number of fused-ring (bicyclic) bond motifs is 5. The summed E-state index contributed by atoms with van der Waals surface area (Å²) in [7, 11) is 0. The lowest BCUT2D eigenvalue weighted by molar-refractivity contribution is 1.18. The molecule has 0 unspecified atom stereocenters. The number of para-hydroxylation sites is 1. The van der Waals surface area contributed by atoms with Crippen molar-refractivity contribution in [1.82, 2.24) is 14.5 Å². The Balaban J connectivity index is 0.963. The van der Waals surface area contributed by atoms with Gasteiger partial charge in [-0.1, -0.05) is 170 Å². The fraction of sp³-hybridized carbons (Fsp3) is 0. The van der Waals surface area contributed by atoms with Crippen LogP contribution in [0.4, 0.5) is 0 Å². The summed E-state index contributed by atoms with van der Waals surface area (Å²) in [5.41, 5.74) is 10.4. The second-order valence-electron chi connectivity index (χ2n) is 12.5. The van der Waals surface area contributed by atoms with Gasteiger partial charge in [0, 0.05) is 39.2 Å². The van der Waals surface area contributed by atoms with Gasteiger partial charge in [0.15, 0.2) is 5.82 Å². The van der Waals surface area contributed by atoms with Crippen LogP contribution >= 0.6 is 24.4 Å². The smallest absolute Gasteiger partial charge is 0.159 e. The predicted molar refractivity (Wildman–Crippen MR) is 220 cm³/mol. The van der Waals surface area contributed by atoms with E-state index in [-0.39, 0.29) is 0 Å². The second-order valence-corrected chi connectivity index (χ2v) is 13.3. The van der Waals surface area contributed by atoms with Crippen molar-refractivity contribution in [2.45, 2.75) is 0 Å². The molecular weight excluding hydrogens is 659 g/mol. The summed E-state index contributed by atoms with van der Waals surface area (Å²) in [6.45, 7) is 0. The zero-order chi connectivity index (χ0) is 34.3. The first kappa shape index (κ1) is 30.9. The summed E-state index contributed by atoms with van der Waals surface area (Å²) in [6, 6.07) is 58.8. The van der Waals surface area contributed by atoms with Crippen molar-refractivity contribution in [3.05, 3.63) is 187 Å². The molecule has 0 aliphatic rings. The zero-order valence-electron chi connectivity index (χ0n) is 27.4. The van der Waals surface area contributed by atoms with Gasteiger partial charge in [0.1, 0.15) is 0 Å². The van der Waals surface area contributed by atoms with Crippen LogP contribution in [0.2, 0.25) is 0 Å². The first-order chi connectivity index (χ1) is 25.1. The van der Waals surface area contributed by atoms with Crippen LogP contribution in [0.1, 0.15) is 11.1 Å². The van der Waals surface area contributed by atoms with E-state index in [9.17, 15) is 0 Å². The van der Waals surface area contributed by atoms with Crippen molar-refractivity contribution in [3.8, 4) is 39.5 Å². The molecular formula is C46H29N3S2. The van der Waals surface area contributed by atoms with Gasteiger partial charge in [-0.05, 0) is 51.9 Å². The lowest BCUT2D eigenvalue weighted by atomic mass is 10.0. The van der Waals surface area contributed by atoms with Gasteiger partial charge in [0.05, 0.1) is 26.5 Å². The third-order valence-electron chi connectivity index (χ3n) is 9.50. The van der Waals surface area contributed by atoms with Crippen molar-refractivity contribution in [3.63, 3.8) is 0 Å². The summed E-state index contributed by atoms with van der Waals surface area (Å²) in [5, 5.41) is 4.92. The van der Waals surface area contributed by atoms with E-state index in [0.717, 1.165) is 39.2 Å². The van der Waals surface area contributed by atoms with Gasteiger partial charge in [-0.2, -0.15) is 0 Å². The van der Waals surface area contributed by atoms with Gasteiger partial charge in [0.2, 0.25) is 0 Å². The first-order valence-electron chi connectivity index (χ1n) is 16.8. The molecule has 0 aliphatic heterocycles. The minimum absolute atomic E-state index is 0.647. The van der Waals surface area contributed by atoms with E-state index in [1.165, 1.54) is 38.1 Å². The van der Waals surface area contributed by atoms with E-state index in [1.807, 2.05) is 54.7 Å². The van der Waals surface area contributed by atoms with Gasteiger partial charge >= 0.3 is 0 Å². The average Bonchev–Trinajstić information content (AvgIpc) is 3.56. The lowest BCUT2D eigenvalue weighted by Gasteiger charge is -2.12. The number of hydrogen-bond acceptors (Lipinski definition) is 4. The van der Waals surface area contributed by atoms with E-state index in [2.05, 4.69) is 131 Å². The molecule has 0 amide bonds. The molecule has 5 heteroatoms. The van der Waals surface area contributed by atoms with Crippen LogP contribution in [0.3, 0.4) is 0 Å². The van der Waals surface area contributed by atoms with Crippen molar-refractivity contribution >= 4 is 66.7 Å². The van der Waals surface area contributed by atoms with E-state index in [1.54, 1.807) is 0 Å². The Bertz CT molecular complexity index is 2750. The van der Waals surface area contributed by atoms with Gasteiger partial charge in [-0.15, -0.1) is 0 Å². The van der Waals surface area contributed by atoms with Crippen LogP contribution in [0.25, 0.3) is 72.0 Å². The highest BCUT2D eigenvalue weighted by Gasteiger charge is 2.16. The number of rotatable bonds is 7. The van der Waals surface area contributed by atoms with Gasteiger partial charge in [-0.25, -0.2) is 9.97 Å².